The summed E-state index contributed by atoms with van der Waals surface area (Å²) in [6.07, 6.45) is 1.49. The summed E-state index contributed by atoms with van der Waals surface area (Å²) in [4.78, 5) is 13.0. The standard InChI is InChI=1S/C20H22FN7/c21-17-4-6-18(7-5-17)27-8-10-28(11-9-27)20(22)23-13-15-2-1-3-16(12-15)19-24-14-25-26-19/h1-7,12,14H,8-11,13H2,(H2,22,23)(H,24,25,26). The van der Waals surface area contributed by atoms with Gasteiger partial charge in [0.05, 0.1) is 6.54 Å². The number of hydrogen-bond acceptors (Lipinski definition) is 4. The molecule has 3 aromatic rings. The number of piperazine rings is 1. The van der Waals surface area contributed by atoms with Crippen LogP contribution in [0.25, 0.3) is 11.4 Å². The van der Waals surface area contributed by atoms with Crippen LogP contribution >= 0.6 is 0 Å². The molecule has 0 unspecified atom stereocenters. The first-order valence-electron chi connectivity index (χ1n) is 9.19. The van der Waals surface area contributed by atoms with Crippen molar-refractivity contribution in [3.05, 3.63) is 66.2 Å². The van der Waals surface area contributed by atoms with Crippen LogP contribution in [0.4, 0.5) is 10.1 Å². The fourth-order valence-electron chi connectivity index (χ4n) is 3.28. The lowest BCUT2D eigenvalue weighted by Crippen LogP contribution is -2.51. The number of guanidine groups is 1. The van der Waals surface area contributed by atoms with E-state index in [9.17, 15) is 4.39 Å². The Kier molecular flexibility index (Phi) is 5.18. The summed E-state index contributed by atoms with van der Waals surface area (Å²) in [5.41, 5.74) is 9.27. The lowest BCUT2D eigenvalue weighted by Gasteiger charge is -2.36. The van der Waals surface area contributed by atoms with E-state index in [1.54, 1.807) is 0 Å². The average molecular weight is 379 g/mol. The van der Waals surface area contributed by atoms with Gasteiger partial charge in [0.2, 0.25) is 0 Å². The molecule has 0 amide bonds. The van der Waals surface area contributed by atoms with Gasteiger partial charge in [0, 0.05) is 37.4 Å². The molecule has 8 heteroatoms. The first-order valence-corrected chi connectivity index (χ1v) is 9.19. The van der Waals surface area contributed by atoms with E-state index in [1.165, 1.54) is 18.5 Å². The number of H-pyrrole nitrogens is 1. The number of rotatable bonds is 4. The van der Waals surface area contributed by atoms with Crippen LogP contribution in [0, 0.1) is 5.82 Å². The van der Waals surface area contributed by atoms with Crippen molar-refractivity contribution in [1.29, 1.82) is 0 Å². The van der Waals surface area contributed by atoms with Crippen molar-refractivity contribution in [2.75, 3.05) is 31.1 Å². The molecule has 4 rings (SSSR count). The summed E-state index contributed by atoms with van der Waals surface area (Å²) in [5.74, 6) is 1.06. The second-order valence-corrected chi connectivity index (χ2v) is 6.66. The Labute approximate surface area is 162 Å². The monoisotopic (exact) mass is 379 g/mol. The quantitative estimate of drug-likeness (QED) is 0.536. The fraction of sp³-hybridized carbons (Fsp3) is 0.250. The molecule has 0 aliphatic carbocycles. The molecule has 1 saturated heterocycles. The SMILES string of the molecule is NC(=NCc1cccc(-c2ncn[nH]2)c1)N1CCN(c2ccc(F)cc2)CC1. The Balaban J connectivity index is 1.35. The van der Waals surface area contributed by atoms with Crippen LogP contribution in [0.3, 0.4) is 0 Å². The Morgan fingerprint density at radius 1 is 1.11 bits per heavy atom. The van der Waals surface area contributed by atoms with Gasteiger partial charge in [-0.15, -0.1) is 0 Å². The van der Waals surface area contributed by atoms with Crippen LogP contribution in [0.1, 0.15) is 5.56 Å². The Morgan fingerprint density at radius 2 is 1.89 bits per heavy atom. The van der Waals surface area contributed by atoms with Crippen molar-refractivity contribution in [2.24, 2.45) is 10.7 Å². The van der Waals surface area contributed by atoms with Crippen LogP contribution in [0.5, 0.6) is 0 Å². The summed E-state index contributed by atoms with van der Waals surface area (Å²) in [5, 5.41) is 6.75. The van der Waals surface area contributed by atoms with Crippen molar-refractivity contribution in [1.82, 2.24) is 20.1 Å². The highest BCUT2D eigenvalue weighted by molar-refractivity contribution is 5.78. The normalized spacial score (nSPS) is 15.1. The molecule has 0 spiro atoms. The molecule has 1 aromatic heterocycles. The number of aliphatic imine (C=N–C) groups is 1. The first kappa shape index (κ1) is 18.0. The van der Waals surface area contributed by atoms with Gasteiger partial charge >= 0.3 is 0 Å². The number of hydrogen-bond donors (Lipinski definition) is 2. The number of nitrogens with two attached hydrogens (primary N) is 1. The van der Waals surface area contributed by atoms with Gasteiger partial charge in [-0.1, -0.05) is 18.2 Å². The predicted molar refractivity (Wildman–Crippen MR) is 107 cm³/mol. The minimum atomic E-state index is -0.217. The summed E-state index contributed by atoms with van der Waals surface area (Å²) >= 11 is 0. The Hall–Kier alpha value is -3.42. The molecule has 0 bridgehead atoms. The maximum Gasteiger partial charge on any atom is 0.191 e. The van der Waals surface area contributed by atoms with Gasteiger partial charge in [-0.2, -0.15) is 5.10 Å². The maximum absolute atomic E-state index is 13.1. The molecule has 1 aliphatic rings. The molecule has 2 aromatic carbocycles. The highest BCUT2D eigenvalue weighted by Gasteiger charge is 2.18. The molecule has 28 heavy (non-hydrogen) atoms. The van der Waals surface area contributed by atoms with Crippen molar-refractivity contribution in [3.8, 4) is 11.4 Å². The van der Waals surface area contributed by atoms with Crippen LogP contribution in [-0.2, 0) is 6.54 Å². The van der Waals surface area contributed by atoms with Crippen molar-refractivity contribution < 1.29 is 4.39 Å². The molecule has 2 heterocycles. The van der Waals surface area contributed by atoms with Crippen molar-refractivity contribution >= 4 is 11.6 Å². The topological polar surface area (TPSA) is 86.4 Å². The van der Waals surface area contributed by atoms with E-state index >= 15 is 0 Å². The summed E-state index contributed by atoms with van der Waals surface area (Å²) in [7, 11) is 0. The zero-order chi connectivity index (χ0) is 19.3. The zero-order valence-electron chi connectivity index (χ0n) is 15.4. The third-order valence-corrected chi connectivity index (χ3v) is 4.83. The van der Waals surface area contributed by atoms with E-state index in [2.05, 4.69) is 30.0 Å². The van der Waals surface area contributed by atoms with E-state index in [0.29, 0.717) is 12.5 Å². The lowest BCUT2D eigenvalue weighted by molar-refractivity contribution is 0.380. The average Bonchev–Trinajstić information content (AvgIpc) is 3.28. The molecule has 0 saturated carbocycles. The number of aromatic nitrogens is 3. The van der Waals surface area contributed by atoms with Gasteiger partial charge in [0.25, 0.3) is 0 Å². The van der Waals surface area contributed by atoms with Crippen LogP contribution < -0.4 is 10.6 Å². The largest absolute Gasteiger partial charge is 0.370 e. The van der Waals surface area contributed by atoms with Crippen LogP contribution in [-0.4, -0.2) is 52.2 Å². The zero-order valence-corrected chi connectivity index (χ0v) is 15.4. The molecule has 1 aliphatic heterocycles. The summed E-state index contributed by atoms with van der Waals surface area (Å²) in [6, 6.07) is 14.6. The molecule has 1 fully saturated rings. The predicted octanol–water partition coefficient (Wildman–Crippen LogP) is 2.25. The third kappa shape index (κ3) is 4.11. The second-order valence-electron chi connectivity index (χ2n) is 6.66. The molecule has 0 atom stereocenters. The van der Waals surface area contributed by atoms with Crippen molar-refractivity contribution in [2.45, 2.75) is 6.54 Å². The van der Waals surface area contributed by atoms with Gasteiger partial charge in [-0.25, -0.2) is 14.4 Å². The second kappa shape index (κ2) is 8.08. The van der Waals surface area contributed by atoms with Gasteiger partial charge in [0.15, 0.2) is 11.8 Å². The third-order valence-electron chi connectivity index (χ3n) is 4.83. The van der Waals surface area contributed by atoms with E-state index in [4.69, 9.17) is 5.73 Å². The highest BCUT2D eigenvalue weighted by atomic mass is 19.1. The molecular weight excluding hydrogens is 357 g/mol. The van der Waals surface area contributed by atoms with Gasteiger partial charge in [-0.05, 0) is 35.9 Å². The number of benzene rings is 2. The van der Waals surface area contributed by atoms with E-state index < -0.39 is 0 Å². The van der Waals surface area contributed by atoms with E-state index in [-0.39, 0.29) is 5.82 Å². The van der Waals surface area contributed by atoms with E-state index in [0.717, 1.165) is 48.8 Å². The van der Waals surface area contributed by atoms with E-state index in [1.807, 2.05) is 36.4 Å². The number of nitrogens with zero attached hydrogens (tertiary/aromatic N) is 5. The number of nitrogens with one attached hydrogen (secondary N) is 1. The maximum atomic E-state index is 13.1. The lowest BCUT2D eigenvalue weighted by atomic mass is 10.1. The molecule has 144 valence electrons. The summed E-state index contributed by atoms with van der Waals surface area (Å²) in [6.45, 7) is 3.72. The molecule has 0 radical (unpaired) electrons. The van der Waals surface area contributed by atoms with Crippen LogP contribution in [0.2, 0.25) is 0 Å². The molecular formula is C20H22FN7. The van der Waals surface area contributed by atoms with Crippen LogP contribution in [0.15, 0.2) is 59.9 Å². The minimum Gasteiger partial charge on any atom is -0.370 e. The van der Waals surface area contributed by atoms with Gasteiger partial charge in [-0.3, -0.25) is 5.10 Å². The fourth-order valence-corrected chi connectivity index (χ4v) is 3.28. The Morgan fingerprint density at radius 3 is 2.61 bits per heavy atom. The molecule has 3 N–H and O–H groups in total. The minimum absolute atomic E-state index is 0.217. The van der Waals surface area contributed by atoms with Crippen molar-refractivity contribution in [3.63, 3.8) is 0 Å². The smallest absolute Gasteiger partial charge is 0.191 e. The summed E-state index contributed by atoms with van der Waals surface area (Å²) < 4.78 is 13.1. The number of halogens is 1. The number of anilines is 1. The van der Waals surface area contributed by atoms with Gasteiger partial charge in [0.1, 0.15) is 12.1 Å². The van der Waals surface area contributed by atoms with Gasteiger partial charge < -0.3 is 15.5 Å². The molecule has 7 nitrogen and oxygen atoms in total. The highest BCUT2D eigenvalue weighted by Crippen LogP contribution is 2.18. The Bertz CT molecular complexity index is 929. The first-order chi connectivity index (χ1) is 13.7. The number of aromatic amines is 1.